The Labute approximate surface area is 104 Å². The summed E-state index contributed by atoms with van der Waals surface area (Å²) in [7, 11) is 0. The van der Waals surface area contributed by atoms with Crippen molar-refractivity contribution in [3.63, 3.8) is 0 Å². The van der Waals surface area contributed by atoms with Gasteiger partial charge in [0.2, 0.25) is 5.91 Å². The fourth-order valence-corrected chi connectivity index (χ4v) is 2.19. The van der Waals surface area contributed by atoms with E-state index < -0.39 is 0 Å². The molecular formula is C13H26N2O2. The minimum Gasteiger partial charge on any atom is -0.378 e. The predicted octanol–water partition coefficient (Wildman–Crippen LogP) is 1.31. The quantitative estimate of drug-likeness (QED) is 0.707. The first-order valence-corrected chi connectivity index (χ1v) is 6.79. The van der Waals surface area contributed by atoms with Gasteiger partial charge in [-0.1, -0.05) is 13.8 Å². The molecule has 1 heterocycles. The van der Waals surface area contributed by atoms with Gasteiger partial charge in [-0.2, -0.15) is 0 Å². The lowest BCUT2D eigenvalue weighted by Crippen LogP contribution is -2.41. The van der Waals surface area contributed by atoms with Gasteiger partial charge in [-0.05, 0) is 32.1 Å². The molecule has 0 aromatic rings. The number of carbonyl (C=O) groups excluding carboxylic acids is 1. The van der Waals surface area contributed by atoms with Crippen LogP contribution in [0.3, 0.4) is 0 Å². The number of nitrogens with one attached hydrogen (secondary N) is 2. The van der Waals surface area contributed by atoms with Gasteiger partial charge in [-0.3, -0.25) is 4.79 Å². The van der Waals surface area contributed by atoms with Gasteiger partial charge in [-0.25, -0.2) is 0 Å². The van der Waals surface area contributed by atoms with Crippen LogP contribution in [0.5, 0.6) is 0 Å². The standard InChI is InChI=1S/C13H26N2O2/c1-4-12(5-2)15-13(16)9-14-8-11-6-7-17-10(11)3/h10-12,14H,4-9H2,1-3H3,(H,15,16). The van der Waals surface area contributed by atoms with E-state index in [1.165, 1.54) is 0 Å². The SMILES string of the molecule is CCC(CC)NC(=O)CNCC1CCOC1C. The molecule has 1 rings (SSSR count). The summed E-state index contributed by atoms with van der Waals surface area (Å²) in [6.45, 7) is 8.44. The second-order valence-corrected chi connectivity index (χ2v) is 4.84. The van der Waals surface area contributed by atoms with Crippen molar-refractivity contribution in [2.24, 2.45) is 5.92 Å². The first-order valence-electron chi connectivity index (χ1n) is 6.79. The van der Waals surface area contributed by atoms with Gasteiger partial charge in [0.05, 0.1) is 12.6 Å². The normalized spacial score (nSPS) is 24.2. The molecule has 4 heteroatoms. The molecule has 0 aromatic heterocycles. The van der Waals surface area contributed by atoms with Crippen LogP contribution in [-0.4, -0.2) is 37.7 Å². The van der Waals surface area contributed by atoms with E-state index >= 15 is 0 Å². The van der Waals surface area contributed by atoms with Gasteiger partial charge in [0, 0.05) is 19.2 Å². The molecule has 17 heavy (non-hydrogen) atoms. The monoisotopic (exact) mass is 242 g/mol. The van der Waals surface area contributed by atoms with Gasteiger partial charge in [-0.15, -0.1) is 0 Å². The first-order chi connectivity index (χ1) is 8.17. The second kappa shape index (κ2) is 7.67. The molecule has 4 nitrogen and oxygen atoms in total. The zero-order valence-corrected chi connectivity index (χ0v) is 11.3. The highest BCUT2D eigenvalue weighted by Gasteiger charge is 2.23. The van der Waals surface area contributed by atoms with Gasteiger partial charge >= 0.3 is 0 Å². The predicted molar refractivity (Wildman–Crippen MR) is 68.9 cm³/mol. The zero-order chi connectivity index (χ0) is 12.7. The number of amides is 1. The molecule has 100 valence electrons. The van der Waals surface area contributed by atoms with Crippen molar-refractivity contribution < 1.29 is 9.53 Å². The van der Waals surface area contributed by atoms with Crippen LogP contribution in [0, 0.1) is 5.92 Å². The van der Waals surface area contributed by atoms with Crippen LogP contribution in [0.4, 0.5) is 0 Å². The van der Waals surface area contributed by atoms with E-state index in [-0.39, 0.29) is 5.91 Å². The highest BCUT2D eigenvalue weighted by Crippen LogP contribution is 2.18. The van der Waals surface area contributed by atoms with Crippen molar-refractivity contribution in [1.29, 1.82) is 0 Å². The number of rotatable bonds is 7. The van der Waals surface area contributed by atoms with E-state index in [1.807, 2.05) is 0 Å². The molecule has 1 aliphatic heterocycles. The van der Waals surface area contributed by atoms with E-state index in [4.69, 9.17) is 4.74 Å². The summed E-state index contributed by atoms with van der Waals surface area (Å²) in [5, 5.41) is 6.24. The minimum absolute atomic E-state index is 0.102. The van der Waals surface area contributed by atoms with E-state index in [1.54, 1.807) is 0 Å². The molecule has 1 fully saturated rings. The first kappa shape index (κ1) is 14.5. The Balaban J connectivity index is 2.11. The Bertz CT molecular complexity index is 229. The maximum Gasteiger partial charge on any atom is 0.234 e. The summed E-state index contributed by atoms with van der Waals surface area (Å²) in [5.41, 5.74) is 0. The lowest BCUT2D eigenvalue weighted by atomic mass is 10.0. The largest absolute Gasteiger partial charge is 0.378 e. The fourth-order valence-electron chi connectivity index (χ4n) is 2.19. The number of ether oxygens (including phenoxy) is 1. The van der Waals surface area contributed by atoms with Crippen LogP contribution in [0.2, 0.25) is 0 Å². The highest BCUT2D eigenvalue weighted by molar-refractivity contribution is 5.78. The molecule has 2 N–H and O–H groups in total. The zero-order valence-electron chi connectivity index (χ0n) is 11.3. The molecule has 0 bridgehead atoms. The van der Waals surface area contributed by atoms with Gasteiger partial charge in [0.1, 0.15) is 0 Å². The molecule has 0 saturated carbocycles. The van der Waals surface area contributed by atoms with Crippen molar-refractivity contribution in [1.82, 2.24) is 10.6 Å². The maximum atomic E-state index is 11.6. The van der Waals surface area contributed by atoms with E-state index in [0.717, 1.165) is 32.4 Å². The van der Waals surface area contributed by atoms with Gasteiger partial charge < -0.3 is 15.4 Å². The smallest absolute Gasteiger partial charge is 0.234 e. The Hall–Kier alpha value is -0.610. The summed E-state index contributed by atoms with van der Waals surface area (Å²) >= 11 is 0. The van der Waals surface area contributed by atoms with Crippen molar-refractivity contribution in [3.8, 4) is 0 Å². The third-order valence-corrected chi connectivity index (χ3v) is 3.58. The van der Waals surface area contributed by atoms with E-state index in [0.29, 0.717) is 24.6 Å². The lowest BCUT2D eigenvalue weighted by Gasteiger charge is -2.17. The van der Waals surface area contributed by atoms with Crippen molar-refractivity contribution in [2.45, 2.75) is 52.2 Å². The van der Waals surface area contributed by atoms with Crippen LogP contribution in [0.15, 0.2) is 0 Å². The van der Waals surface area contributed by atoms with Gasteiger partial charge in [0.25, 0.3) is 0 Å². The Morgan fingerprint density at radius 3 is 2.65 bits per heavy atom. The third kappa shape index (κ3) is 5.04. The summed E-state index contributed by atoms with van der Waals surface area (Å²) in [6, 6.07) is 0.318. The topological polar surface area (TPSA) is 50.4 Å². The Morgan fingerprint density at radius 2 is 2.12 bits per heavy atom. The molecule has 0 spiro atoms. The lowest BCUT2D eigenvalue weighted by molar-refractivity contribution is -0.121. The summed E-state index contributed by atoms with van der Waals surface area (Å²) in [6.07, 6.45) is 3.41. The average molecular weight is 242 g/mol. The van der Waals surface area contributed by atoms with Crippen molar-refractivity contribution in [3.05, 3.63) is 0 Å². The highest BCUT2D eigenvalue weighted by atomic mass is 16.5. The summed E-state index contributed by atoms with van der Waals surface area (Å²) in [4.78, 5) is 11.6. The molecule has 2 atom stereocenters. The molecule has 1 aliphatic rings. The van der Waals surface area contributed by atoms with Crippen LogP contribution < -0.4 is 10.6 Å². The summed E-state index contributed by atoms with van der Waals surface area (Å²) < 4.78 is 5.48. The second-order valence-electron chi connectivity index (χ2n) is 4.84. The average Bonchev–Trinajstić information content (AvgIpc) is 2.72. The molecule has 0 aromatic carbocycles. The van der Waals surface area contributed by atoms with Crippen LogP contribution in [0.25, 0.3) is 0 Å². The van der Waals surface area contributed by atoms with E-state index in [9.17, 15) is 4.79 Å². The maximum absolute atomic E-state index is 11.6. The number of hydrogen-bond acceptors (Lipinski definition) is 3. The van der Waals surface area contributed by atoms with Crippen molar-refractivity contribution >= 4 is 5.91 Å². The Morgan fingerprint density at radius 1 is 1.41 bits per heavy atom. The minimum atomic E-state index is 0.102. The molecule has 1 saturated heterocycles. The molecule has 0 radical (unpaired) electrons. The summed E-state index contributed by atoms with van der Waals surface area (Å²) in [5.74, 6) is 0.654. The Kier molecular flexibility index (Phi) is 6.52. The number of hydrogen-bond donors (Lipinski definition) is 2. The number of carbonyl (C=O) groups is 1. The molecule has 2 unspecified atom stereocenters. The van der Waals surface area contributed by atoms with Crippen LogP contribution in [0.1, 0.15) is 40.0 Å². The third-order valence-electron chi connectivity index (χ3n) is 3.58. The fraction of sp³-hybridized carbons (Fsp3) is 0.923. The molecule has 0 aliphatic carbocycles. The van der Waals surface area contributed by atoms with E-state index in [2.05, 4.69) is 31.4 Å². The van der Waals surface area contributed by atoms with Crippen LogP contribution in [-0.2, 0) is 9.53 Å². The van der Waals surface area contributed by atoms with Crippen molar-refractivity contribution in [2.75, 3.05) is 19.7 Å². The van der Waals surface area contributed by atoms with Gasteiger partial charge in [0.15, 0.2) is 0 Å². The van der Waals surface area contributed by atoms with Crippen LogP contribution >= 0.6 is 0 Å². The molecular weight excluding hydrogens is 216 g/mol. The molecule has 1 amide bonds.